The van der Waals surface area contributed by atoms with E-state index in [1.54, 1.807) is 30.3 Å². The van der Waals surface area contributed by atoms with Gasteiger partial charge in [0.15, 0.2) is 11.0 Å². The van der Waals surface area contributed by atoms with Crippen LogP contribution in [0.15, 0.2) is 62.8 Å². The highest BCUT2D eigenvalue weighted by molar-refractivity contribution is 8.14. The molecule has 0 saturated carbocycles. The second-order valence-corrected chi connectivity index (χ2v) is 7.67. The summed E-state index contributed by atoms with van der Waals surface area (Å²) < 4.78 is 55.9. The van der Waals surface area contributed by atoms with Crippen LogP contribution in [0.1, 0.15) is 5.56 Å². The van der Waals surface area contributed by atoms with Gasteiger partial charge in [-0.2, -0.15) is 8.42 Å². The Bertz CT molecular complexity index is 945. The molecule has 1 heterocycles. The maximum atomic E-state index is 13.9. The predicted octanol–water partition coefficient (Wildman–Crippen LogP) is 2.79. The van der Waals surface area contributed by atoms with Crippen molar-refractivity contribution in [1.82, 2.24) is 5.32 Å². The van der Waals surface area contributed by atoms with Gasteiger partial charge in [-0.3, -0.25) is 4.99 Å². The van der Waals surface area contributed by atoms with Crippen molar-refractivity contribution in [2.45, 2.75) is 4.90 Å². The molecule has 0 aromatic heterocycles. The molecule has 1 N–H and O–H groups in total. The number of nitrogens with zero attached hydrogens (tertiary/aromatic N) is 2. The van der Waals surface area contributed by atoms with Crippen molar-refractivity contribution < 1.29 is 17.2 Å². The van der Waals surface area contributed by atoms with E-state index in [1.807, 2.05) is 0 Å². The Morgan fingerprint density at radius 1 is 1.16 bits per heavy atom. The number of hydrogen-bond acceptors (Lipinski definition) is 4. The molecule has 25 heavy (non-hydrogen) atoms. The molecule has 3 rings (SSSR count). The Morgan fingerprint density at radius 3 is 2.60 bits per heavy atom. The fourth-order valence-electron chi connectivity index (χ4n) is 2.10. The zero-order valence-corrected chi connectivity index (χ0v) is 14.4. The summed E-state index contributed by atoms with van der Waals surface area (Å²) in [7, 11) is -4.46. The van der Waals surface area contributed by atoms with Crippen LogP contribution in [0.5, 0.6) is 0 Å². The van der Waals surface area contributed by atoms with Crippen molar-refractivity contribution in [1.29, 1.82) is 0 Å². The Balaban J connectivity index is 2.06. The Morgan fingerprint density at radius 2 is 1.92 bits per heavy atom. The van der Waals surface area contributed by atoms with Crippen LogP contribution in [-0.2, 0) is 10.0 Å². The van der Waals surface area contributed by atoms with E-state index in [-0.39, 0.29) is 5.84 Å². The van der Waals surface area contributed by atoms with Crippen molar-refractivity contribution in [2.75, 3.05) is 12.3 Å². The molecule has 2 aromatic rings. The summed E-state index contributed by atoms with van der Waals surface area (Å²) in [4.78, 5) is 3.38. The molecule has 0 aliphatic carbocycles. The molecule has 130 valence electrons. The van der Waals surface area contributed by atoms with Gasteiger partial charge in [-0.25, -0.2) is 8.78 Å². The van der Waals surface area contributed by atoms with E-state index < -0.39 is 26.6 Å². The fourth-order valence-corrected chi connectivity index (χ4v) is 3.89. The van der Waals surface area contributed by atoms with E-state index in [1.165, 1.54) is 11.8 Å². The van der Waals surface area contributed by atoms with E-state index in [2.05, 4.69) is 14.7 Å². The van der Waals surface area contributed by atoms with Gasteiger partial charge in [0.25, 0.3) is 10.0 Å². The quantitative estimate of drug-likeness (QED) is 0.656. The molecule has 1 aliphatic heterocycles. The maximum Gasteiger partial charge on any atom is 0.287 e. The molecule has 0 spiro atoms. The molecule has 2 aromatic carbocycles. The third-order valence-corrected chi connectivity index (χ3v) is 5.42. The minimum atomic E-state index is -4.46. The van der Waals surface area contributed by atoms with Crippen LogP contribution in [-0.4, -0.2) is 31.7 Å². The Kier molecular flexibility index (Phi) is 5.14. The van der Waals surface area contributed by atoms with E-state index >= 15 is 0 Å². The lowest BCUT2D eigenvalue weighted by Crippen LogP contribution is -2.29. The summed E-state index contributed by atoms with van der Waals surface area (Å²) in [5.41, 5.74) is 0.484. The van der Waals surface area contributed by atoms with Crippen LogP contribution in [0, 0.1) is 11.6 Å². The van der Waals surface area contributed by atoms with Gasteiger partial charge in [0.2, 0.25) is 0 Å². The summed E-state index contributed by atoms with van der Waals surface area (Å²) in [5, 5.41) is 3.39. The second-order valence-electron chi connectivity index (χ2n) is 5.02. The van der Waals surface area contributed by atoms with Crippen LogP contribution in [0.25, 0.3) is 0 Å². The summed E-state index contributed by atoms with van der Waals surface area (Å²) in [6.45, 7) is 0.611. The Labute approximate surface area is 147 Å². The average molecular weight is 381 g/mol. The van der Waals surface area contributed by atoms with Crippen molar-refractivity contribution >= 4 is 32.8 Å². The van der Waals surface area contributed by atoms with E-state index in [9.17, 15) is 17.2 Å². The number of sulfonamides is 1. The number of halogens is 2. The summed E-state index contributed by atoms with van der Waals surface area (Å²) in [5.74, 6) is -1.15. The smallest absolute Gasteiger partial charge is 0.287 e. The van der Waals surface area contributed by atoms with Crippen LogP contribution in [0.2, 0.25) is 0 Å². The lowest BCUT2D eigenvalue weighted by atomic mass is 10.2. The van der Waals surface area contributed by atoms with Gasteiger partial charge in [0.05, 0.1) is 6.54 Å². The minimum absolute atomic E-state index is 0.00240. The van der Waals surface area contributed by atoms with Gasteiger partial charge >= 0.3 is 0 Å². The van der Waals surface area contributed by atoms with Crippen LogP contribution < -0.4 is 5.32 Å². The van der Waals surface area contributed by atoms with Crippen molar-refractivity contribution in [3.63, 3.8) is 0 Å². The summed E-state index contributed by atoms with van der Waals surface area (Å²) >= 11 is 1.42. The topological polar surface area (TPSA) is 70.9 Å². The van der Waals surface area contributed by atoms with Crippen molar-refractivity contribution in [3.8, 4) is 0 Å². The third kappa shape index (κ3) is 4.23. The molecule has 0 saturated heterocycles. The van der Waals surface area contributed by atoms with Crippen molar-refractivity contribution in [2.24, 2.45) is 9.39 Å². The van der Waals surface area contributed by atoms with Gasteiger partial charge in [-0.1, -0.05) is 42.1 Å². The van der Waals surface area contributed by atoms with E-state index in [0.717, 1.165) is 17.9 Å². The van der Waals surface area contributed by atoms with Gasteiger partial charge in [0.1, 0.15) is 16.5 Å². The number of hydrogen-bond donors (Lipinski definition) is 1. The molecule has 0 amide bonds. The van der Waals surface area contributed by atoms with Gasteiger partial charge < -0.3 is 5.32 Å². The lowest BCUT2D eigenvalue weighted by molar-refractivity contribution is 0.554. The number of benzene rings is 2. The summed E-state index contributed by atoms with van der Waals surface area (Å²) in [6, 6.07) is 10.7. The Hall–Kier alpha value is -2.26. The molecule has 0 atom stereocenters. The van der Waals surface area contributed by atoms with Crippen LogP contribution in [0.4, 0.5) is 8.78 Å². The SMILES string of the molecule is O=S(=O)(/N=C(\NC1=NCCS1)c1ccccc1)c1cc(F)ccc1F. The number of rotatable bonds is 3. The normalized spacial score (nSPS) is 15.1. The van der Waals surface area contributed by atoms with Crippen LogP contribution in [0.3, 0.4) is 0 Å². The average Bonchev–Trinajstić information content (AvgIpc) is 3.10. The number of aliphatic imine (C=N–C) groups is 1. The largest absolute Gasteiger partial charge is 0.319 e. The van der Waals surface area contributed by atoms with Crippen molar-refractivity contribution in [3.05, 3.63) is 65.7 Å². The highest BCUT2D eigenvalue weighted by Gasteiger charge is 2.22. The van der Waals surface area contributed by atoms with Gasteiger partial charge in [-0.15, -0.1) is 4.40 Å². The predicted molar refractivity (Wildman–Crippen MR) is 94.4 cm³/mol. The molecular formula is C16H13F2N3O2S2. The first kappa shape index (κ1) is 17.6. The van der Waals surface area contributed by atoms with E-state index in [0.29, 0.717) is 23.3 Å². The standard InChI is InChI=1S/C16H13F2N3O2S2/c17-12-6-7-13(18)14(10-12)25(22,23)21-15(11-4-2-1-3-5-11)20-16-19-8-9-24-16/h1-7,10H,8-9H2,(H,19,20,21). The minimum Gasteiger partial charge on any atom is -0.319 e. The maximum absolute atomic E-state index is 13.9. The summed E-state index contributed by atoms with van der Waals surface area (Å²) in [6.07, 6.45) is 0. The molecular weight excluding hydrogens is 368 g/mol. The first-order chi connectivity index (χ1) is 12.0. The zero-order chi connectivity index (χ0) is 17.9. The molecule has 1 aliphatic rings. The molecule has 5 nitrogen and oxygen atoms in total. The number of amidine groups is 2. The highest BCUT2D eigenvalue weighted by Crippen LogP contribution is 2.19. The molecule has 0 fully saturated rings. The second kappa shape index (κ2) is 7.32. The lowest BCUT2D eigenvalue weighted by Gasteiger charge is -2.10. The molecule has 0 bridgehead atoms. The molecule has 9 heteroatoms. The first-order valence-corrected chi connectivity index (χ1v) is 9.68. The number of thioether (sulfide) groups is 1. The van der Waals surface area contributed by atoms with Gasteiger partial charge in [0, 0.05) is 11.3 Å². The number of nitrogens with one attached hydrogen (secondary N) is 1. The third-order valence-electron chi connectivity index (χ3n) is 3.24. The van der Waals surface area contributed by atoms with E-state index in [4.69, 9.17) is 0 Å². The fraction of sp³-hybridized carbons (Fsp3) is 0.125. The van der Waals surface area contributed by atoms with Gasteiger partial charge in [-0.05, 0) is 18.2 Å². The first-order valence-electron chi connectivity index (χ1n) is 7.25. The monoisotopic (exact) mass is 381 g/mol. The zero-order valence-electron chi connectivity index (χ0n) is 12.8. The molecule has 0 radical (unpaired) electrons. The molecule has 0 unspecified atom stereocenters. The van der Waals surface area contributed by atoms with Crippen LogP contribution >= 0.6 is 11.8 Å². The highest BCUT2D eigenvalue weighted by atomic mass is 32.2.